The van der Waals surface area contributed by atoms with E-state index in [0.29, 0.717) is 5.56 Å². The normalized spacial score (nSPS) is 12.8. The van der Waals surface area contributed by atoms with Gasteiger partial charge in [0.05, 0.1) is 6.04 Å². The van der Waals surface area contributed by atoms with Crippen LogP contribution in [0.15, 0.2) is 34.1 Å². The van der Waals surface area contributed by atoms with Gasteiger partial charge in [0.1, 0.15) is 5.82 Å². The lowest BCUT2D eigenvalue weighted by Crippen LogP contribution is -2.13. The Morgan fingerprint density at radius 3 is 2.62 bits per heavy atom. The number of nitrogens with two attached hydrogens (primary N) is 1. The van der Waals surface area contributed by atoms with Crippen LogP contribution < -0.4 is 5.73 Å². The fourth-order valence-corrected chi connectivity index (χ4v) is 2.72. The Balaban J connectivity index is 2.41. The van der Waals surface area contributed by atoms with Crippen LogP contribution in [-0.2, 0) is 0 Å². The Morgan fingerprint density at radius 2 is 2.06 bits per heavy atom. The van der Waals surface area contributed by atoms with Crippen LogP contribution in [0.25, 0.3) is 0 Å². The van der Waals surface area contributed by atoms with Crippen LogP contribution in [0, 0.1) is 12.7 Å². The second-order valence-corrected chi connectivity index (χ2v) is 5.61. The van der Waals surface area contributed by atoms with Crippen molar-refractivity contribution in [3.05, 3.63) is 55.9 Å². The number of halogens is 2. The maximum absolute atomic E-state index is 13.7. The lowest BCUT2D eigenvalue weighted by molar-refractivity contribution is 0.598. The van der Waals surface area contributed by atoms with Crippen molar-refractivity contribution in [3.8, 4) is 0 Å². The van der Waals surface area contributed by atoms with Crippen molar-refractivity contribution in [2.45, 2.75) is 13.0 Å². The summed E-state index contributed by atoms with van der Waals surface area (Å²) in [5, 5.41) is 1.97. The minimum atomic E-state index is -0.389. The minimum absolute atomic E-state index is 0.271. The first-order chi connectivity index (χ1) is 7.59. The van der Waals surface area contributed by atoms with Gasteiger partial charge in [-0.3, -0.25) is 0 Å². The molecule has 0 aliphatic rings. The SMILES string of the molecule is Cc1sccc1C(N)c1ccc(Br)cc1F. The van der Waals surface area contributed by atoms with Crippen LogP contribution in [0.2, 0.25) is 0 Å². The van der Waals surface area contributed by atoms with Crippen molar-refractivity contribution in [2.24, 2.45) is 5.73 Å². The number of thiophene rings is 1. The Morgan fingerprint density at radius 1 is 1.31 bits per heavy atom. The quantitative estimate of drug-likeness (QED) is 0.891. The van der Waals surface area contributed by atoms with Gasteiger partial charge in [0, 0.05) is 14.9 Å². The molecular formula is C12H11BrFNS. The maximum Gasteiger partial charge on any atom is 0.129 e. The molecular weight excluding hydrogens is 289 g/mol. The van der Waals surface area contributed by atoms with Crippen molar-refractivity contribution in [1.29, 1.82) is 0 Å². The van der Waals surface area contributed by atoms with Crippen molar-refractivity contribution in [1.82, 2.24) is 0 Å². The van der Waals surface area contributed by atoms with Crippen molar-refractivity contribution >= 4 is 27.3 Å². The van der Waals surface area contributed by atoms with Crippen LogP contribution in [0.1, 0.15) is 22.0 Å². The summed E-state index contributed by atoms with van der Waals surface area (Å²) in [7, 11) is 0. The smallest absolute Gasteiger partial charge is 0.129 e. The molecule has 2 rings (SSSR count). The number of aryl methyl sites for hydroxylation is 1. The highest BCUT2D eigenvalue weighted by Gasteiger charge is 2.16. The fraction of sp³-hybridized carbons (Fsp3) is 0.167. The zero-order chi connectivity index (χ0) is 11.7. The molecule has 1 unspecified atom stereocenters. The minimum Gasteiger partial charge on any atom is -0.320 e. The van der Waals surface area contributed by atoms with Crippen LogP contribution in [0.5, 0.6) is 0 Å². The third-order valence-electron chi connectivity index (χ3n) is 2.53. The molecule has 1 aromatic carbocycles. The molecule has 1 atom stereocenters. The fourth-order valence-electron chi connectivity index (χ4n) is 1.64. The van der Waals surface area contributed by atoms with E-state index in [9.17, 15) is 4.39 Å². The number of benzene rings is 1. The summed E-state index contributed by atoms with van der Waals surface area (Å²) in [5.74, 6) is -0.271. The third kappa shape index (κ3) is 2.19. The van der Waals surface area contributed by atoms with E-state index >= 15 is 0 Å². The molecule has 0 spiro atoms. The molecule has 84 valence electrons. The van der Waals surface area contributed by atoms with E-state index in [4.69, 9.17) is 5.73 Å². The molecule has 1 nitrogen and oxygen atoms in total. The van der Waals surface area contributed by atoms with Crippen LogP contribution in [0.4, 0.5) is 4.39 Å². The average molecular weight is 300 g/mol. The molecule has 16 heavy (non-hydrogen) atoms. The molecule has 0 aliphatic heterocycles. The van der Waals surface area contributed by atoms with Gasteiger partial charge in [0.25, 0.3) is 0 Å². The van der Waals surface area contributed by atoms with Gasteiger partial charge in [-0.1, -0.05) is 22.0 Å². The van der Waals surface area contributed by atoms with E-state index in [1.807, 2.05) is 18.4 Å². The highest BCUT2D eigenvalue weighted by molar-refractivity contribution is 9.10. The molecule has 2 aromatic rings. The molecule has 0 saturated heterocycles. The summed E-state index contributed by atoms with van der Waals surface area (Å²) < 4.78 is 14.4. The van der Waals surface area contributed by atoms with Gasteiger partial charge in [-0.2, -0.15) is 0 Å². The van der Waals surface area contributed by atoms with E-state index in [1.54, 1.807) is 23.5 Å². The summed E-state index contributed by atoms with van der Waals surface area (Å²) in [6.45, 7) is 2.00. The summed E-state index contributed by atoms with van der Waals surface area (Å²) >= 11 is 4.85. The zero-order valence-corrected chi connectivity index (χ0v) is 11.1. The topological polar surface area (TPSA) is 26.0 Å². The van der Waals surface area contributed by atoms with E-state index in [0.717, 1.165) is 14.9 Å². The number of hydrogen-bond acceptors (Lipinski definition) is 2. The Hall–Kier alpha value is -0.710. The molecule has 0 radical (unpaired) electrons. The van der Waals surface area contributed by atoms with Gasteiger partial charge >= 0.3 is 0 Å². The van der Waals surface area contributed by atoms with Crippen molar-refractivity contribution < 1.29 is 4.39 Å². The molecule has 1 heterocycles. The standard InChI is InChI=1S/C12H11BrFNS/c1-7-9(4-5-16-7)12(15)10-3-2-8(13)6-11(10)14/h2-6,12H,15H2,1H3. The van der Waals surface area contributed by atoms with Gasteiger partial charge in [-0.15, -0.1) is 11.3 Å². The van der Waals surface area contributed by atoms with E-state index in [2.05, 4.69) is 15.9 Å². The predicted octanol–water partition coefficient (Wildman–Crippen LogP) is 4.01. The first-order valence-electron chi connectivity index (χ1n) is 4.84. The van der Waals surface area contributed by atoms with E-state index < -0.39 is 0 Å². The predicted molar refractivity (Wildman–Crippen MR) is 69.2 cm³/mol. The second-order valence-electron chi connectivity index (χ2n) is 3.58. The number of hydrogen-bond donors (Lipinski definition) is 1. The maximum atomic E-state index is 13.7. The zero-order valence-electron chi connectivity index (χ0n) is 8.71. The largest absolute Gasteiger partial charge is 0.320 e. The Labute approximate surface area is 106 Å². The van der Waals surface area contributed by atoms with E-state index in [-0.39, 0.29) is 11.9 Å². The number of rotatable bonds is 2. The van der Waals surface area contributed by atoms with Crippen LogP contribution in [0.3, 0.4) is 0 Å². The van der Waals surface area contributed by atoms with Gasteiger partial charge < -0.3 is 5.73 Å². The molecule has 2 N–H and O–H groups in total. The highest BCUT2D eigenvalue weighted by Crippen LogP contribution is 2.28. The van der Waals surface area contributed by atoms with E-state index in [1.165, 1.54) is 6.07 Å². The monoisotopic (exact) mass is 299 g/mol. The first-order valence-corrected chi connectivity index (χ1v) is 6.51. The summed E-state index contributed by atoms with van der Waals surface area (Å²) in [4.78, 5) is 1.13. The van der Waals surface area contributed by atoms with Gasteiger partial charge in [-0.25, -0.2) is 4.39 Å². The first kappa shape index (κ1) is 11.8. The summed E-state index contributed by atoms with van der Waals surface area (Å²) in [6.07, 6.45) is 0. The molecule has 0 saturated carbocycles. The van der Waals surface area contributed by atoms with Crippen LogP contribution >= 0.6 is 27.3 Å². The van der Waals surface area contributed by atoms with Crippen molar-refractivity contribution in [3.63, 3.8) is 0 Å². The van der Waals surface area contributed by atoms with Crippen molar-refractivity contribution in [2.75, 3.05) is 0 Å². The van der Waals surface area contributed by atoms with Gasteiger partial charge in [0.15, 0.2) is 0 Å². The lowest BCUT2D eigenvalue weighted by Gasteiger charge is -2.13. The molecule has 0 aliphatic carbocycles. The molecule has 0 amide bonds. The van der Waals surface area contributed by atoms with Gasteiger partial charge in [0.2, 0.25) is 0 Å². The Kier molecular flexibility index (Phi) is 3.42. The molecule has 0 fully saturated rings. The second kappa shape index (κ2) is 4.65. The summed E-state index contributed by atoms with van der Waals surface area (Å²) in [6, 6.07) is 6.53. The van der Waals surface area contributed by atoms with Crippen LogP contribution in [-0.4, -0.2) is 0 Å². The molecule has 4 heteroatoms. The Bertz CT molecular complexity index is 509. The molecule has 1 aromatic heterocycles. The average Bonchev–Trinajstić information content (AvgIpc) is 2.63. The third-order valence-corrected chi connectivity index (χ3v) is 3.89. The highest BCUT2D eigenvalue weighted by atomic mass is 79.9. The lowest BCUT2D eigenvalue weighted by atomic mass is 10.00. The summed E-state index contributed by atoms with van der Waals surface area (Å²) in [5.41, 5.74) is 7.59. The van der Waals surface area contributed by atoms with Gasteiger partial charge in [-0.05, 0) is 36.1 Å². The molecule has 0 bridgehead atoms.